The lowest BCUT2D eigenvalue weighted by Gasteiger charge is -2.01. The fourth-order valence-corrected chi connectivity index (χ4v) is 0.683. The molecule has 1 rings (SSSR count). The van der Waals surface area contributed by atoms with Gasteiger partial charge in [-0.05, 0) is 11.6 Å². The van der Waals surface area contributed by atoms with Gasteiger partial charge in [0.25, 0.3) is 5.24 Å². The number of hydrazone groups is 1. The molecule has 0 aromatic heterocycles. The van der Waals surface area contributed by atoms with Gasteiger partial charge in [0.1, 0.15) is 12.8 Å². The largest absolute Gasteiger partial charge is 0.344 e. The summed E-state index contributed by atoms with van der Waals surface area (Å²) in [5.74, 6) is -0.459. The number of halogens is 1. The predicted octanol–water partition coefficient (Wildman–Crippen LogP) is -0.711. The summed E-state index contributed by atoms with van der Waals surface area (Å²) in [6.07, 6.45) is 0.750. The first-order valence-corrected chi connectivity index (χ1v) is 3.32. The second-order valence-corrected chi connectivity index (χ2v) is 2.33. The summed E-state index contributed by atoms with van der Waals surface area (Å²) in [6, 6.07) is -0.658. The van der Waals surface area contributed by atoms with E-state index in [1.165, 1.54) is 0 Å². The minimum atomic E-state index is -0.804. The van der Waals surface area contributed by atoms with Crippen molar-refractivity contribution < 1.29 is 14.4 Å². The molecular formula is C5H4ClN3O3. The summed E-state index contributed by atoms with van der Waals surface area (Å²) in [6.45, 7) is -0.181. The Balaban J connectivity index is 2.59. The molecule has 1 aliphatic heterocycles. The lowest BCUT2D eigenvalue weighted by molar-refractivity contribution is -0.118. The molecule has 0 aliphatic carbocycles. The summed E-state index contributed by atoms with van der Waals surface area (Å²) in [7, 11) is 0. The van der Waals surface area contributed by atoms with Crippen LogP contribution < -0.4 is 5.32 Å². The van der Waals surface area contributed by atoms with E-state index in [1.807, 2.05) is 5.32 Å². The molecule has 0 atom stereocenters. The Morgan fingerprint density at radius 1 is 1.67 bits per heavy atom. The van der Waals surface area contributed by atoms with Crippen LogP contribution in [0.3, 0.4) is 0 Å². The van der Waals surface area contributed by atoms with Crippen molar-refractivity contribution in [3.63, 3.8) is 0 Å². The van der Waals surface area contributed by atoms with Crippen LogP contribution in [0.1, 0.15) is 0 Å². The van der Waals surface area contributed by atoms with Crippen molar-refractivity contribution in [2.24, 2.45) is 5.10 Å². The van der Waals surface area contributed by atoms with Gasteiger partial charge in [0.15, 0.2) is 0 Å². The van der Waals surface area contributed by atoms with Crippen LogP contribution in [-0.2, 0) is 9.59 Å². The third kappa shape index (κ3) is 2.03. The Kier molecular flexibility index (Phi) is 2.39. The Morgan fingerprint density at radius 2 is 2.33 bits per heavy atom. The number of carbonyl (C=O) groups is 3. The number of amides is 3. The Morgan fingerprint density at radius 3 is 2.75 bits per heavy atom. The van der Waals surface area contributed by atoms with Crippen molar-refractivity contribution >= 4 is 35.0 Å². The molecule has 12 heavy (non-hydrogen) atoms. The average molecular weight is 190 g/mol. The van der Waals surface area contributed by atoms with Gasteiger partial charge in [-0.2, -0.15) is 5.10 Å². The Bertz CT molecular complexity index is 275. The molecule has 3 amide bonds. The van der Waals surface area contributed by atoms with Gasteiger partial charge in [-0.3, -0.25) is 14.9 Å². The molecule has 0 saturated carbocycles. The molecule has 1 saturated heterocycles. The number of nitrogens with one attached hydrogen (secondary N) is 1. The van der Waals surface area contributed by atoms with Crippen molar-refractivity contribution in [3.8, 4) is 0 Å². The SMILES string of the molecule is O=C(Cl)/C=N/N1CC(=O)NC1=O. The second kappa shape index (κ2) is 3.31. The molecule has 7 heteroatoms. The van der Waals surface area contributed by atoms with Gasteiger partial charge in [0.05, 0.1) is 0 Å². The maximum absolute atomic E-state index is 10.7. The number of imide groups is 1. The summed E-state index contributed by atoms with van der Waals surface area (Å²) in [5.41, 5.74) is 0. The normalized spacial score (nSPS) is 17.2. The number of carbonyl (C=O) groups excluding carboxylic acids is 3. The second-order valence-electron chi connectivity index (χ2n) is 1.96. The van der Waals surface area contributed by atoms with Gasteiger partial charge >= 0.3 is 6.03 Å². The number of urea groups is 1. The molecular weight excluding hydrogens is 186 g/mol. The zero-order valence-corrected chi connectivity index (χ0v) is 6.54. The fourth-order valence-electron chi connectivity index (χ4n) is 0.640. The summed E-state index contributed by atoms with van der Waals surface area (Å²) in [4.78, 5) is 31.4. The average Bonchev–Trinajstić information content (AvgIpc) is 2.26. The van der Waals surface area contributed by atoms with Gasteiger partial charge in [-0.25, -0.2) is 9.80 Å². The van der Waals surface area contributed by atoms with Gasteiger partial charge in [-0.15, -0.1) is 0 Å². The molecule has 1 heterocycles. The first-order valence-electron chi connectivity index (χ1n) is 2.94. The number of rotatable bonds is 2. The van der Waals surface area contributed by atoms with E-state index < -0.39 is 17.2 Å². The first-order chi connectivity index (χ1) is 5.59. The van der Waals surface area contributed by atoms with Crippen LogP contribution in [0.25, 0.3) is 0 Å². The highest BCUT2D eigenvalue weighted by molar-refractivity contribution is 6.78. The van der Waals surface area contributed by atoms with E-state index in [1.54, 1.807) is 0 Å². The Labute approximate surface area is 72.2 Å². The molecule has 64 valence electrons. The molecule has 1 N–H and O–H groups in total. The van der Waals surface area contributed by atoms with E-state index in [-0.39, 0.29) is 6.54 Å². The van der Waals surface area contributed by atoms with Crippen LogP contribution in [0, 0.1) is 0 Å². The summed E-state index contributed by atoms with van der Waals surface area (Å²) in [5, 5.41) is 5.32. The van der Waals surface area contributed by atoms with Crippen LogP contribution >= 0.6 is 11.6 Å². The van der Waals surface area contributed by atoms with Crippen molar-refractivity contribution in [1.29, 1.82) is 0 Å². The maximum Gasteiger partial charge on any atom is 0.344 e. The van der Waals surface area contributed by atoms with Crippen LogP contribution in [-0.4, -0.2) is 34.9 Å². The highest BCUT2D eigenvalue weighted by Crippen LogP contribution is 1.97. The number of hydrogen-bond acceptors (Lipinski definition) is 4. The van der Waals surface area contributed by atoms with Crippen LogP contribution in [0.4, 0.5) is 4.79 Å². The van der Waals surface area contributed by atoms with Gasteiger partial charge in [-0.1, -0.05) is 0 Å². The van der Waals surface area contributed by atoms with E-state index in [2.05, 4.69) is 5.10 Å². The fraction of sp³-hybridized carbons (Fsp3) is 0.200. The van der Waals surface area contributed by atoms with Crippen LogP contribution in [0.15, 0.2) is 5.10 Å². The molecule has 1 aliphatic rings. The molecule has 0 aromatic rings. The van der Waals surface area contributed by atoms with E-state index in [0.29, 0.717) is 0 Å². The molecule has 1 fully saturated rings. The quantitative estimate of drug-likeness (QED) is 0.354. The van der Waals surface area contributed by atoms with E-state index in [0.717, 1.165) is 11.2 Å². The van der Waals surface area contributed by atoms with E-state index >= 15 is 0 Å². The topological polar surface area (TPSA) is 78.8 Å². The predicted molar refractivity (Wildman–Crippen MR) is 39.6 cm³/mol. The van der Waals surface area contributed by atoms with E-state index in [9.17, 15) is 14.4 Å². The lowest BCUT2D eigenvalue weighted by Crippen LogP contribution is -2.24. The monoisotopic (exact) mass is 189 g/mol. The van der Waals surface area contributed by atoms with Crippen molar-refractivity contribution in [1.82, 2.24) is 10.3 Å². The third-order valence-corrected chi connectivity index (χ3v) is 1.17. The van der Waals surface area contributed by atoms with Gasteiger partial charge < -0.3 is 0 Å². The minimum Gasteiger partial charge on any atom is -0.275 e. The number of hydrogen-bond donors (Lipinski definition) is 1. The van der Waals surface area contributed by atoms with Gasteiger partial charge in [0.2, 0.25) is 5.91 Å². The molecule has 0 bridgehead atoms. The van der Waals surface area contributed by atoms with Gasteiger partial charge in [0, 0.05) is 0 Å². The summed E-state index contributed by atoms with van der Waals surface area (Å²) >= 11 is 4.91. The van der Waals surface area contributed by atoms with Crippen LogP contribution in [0.5, 0.6) is 0 Å². The standard InChI is InChI=1S/C5H4ClN3O3/c6-3(10)1-7-9-2-4(11)8-5(9)12/h1H,2H2,(H,8,11,12)/b7-1+. The first kappa shape index (κ1) is 8.66. The highest BCUT2D eigenvalue weighted by Gasteiger charge is 2.25. The molecule has 6 nitrogen and oxygen atoms in total. The highest BCUT2D eigenvalue weighted by atomic mass is 35.5. The number of nitrogens with zero attached hydrogens (tertiary/aromatic N) is 2. The van der Waals surface area contributed by atoms with E-state index in [4.69, 9.17) is 11.6 Å². The van der Waals surface area contributed by atoms with Crippen molar-refractivity contribution in [3.05, 3.63) is 0 Å². The molecule has 0 unspecified atom stereocenters. The smallest absolute Gasteiger partial charge is 0.275 e. The van der Waals surface area contributed by atoms with Crippen molar-refractivity contribution in [2.75, 3.05) is 6.54 Å². The minimum absolute atomic E-state index is 0.181. The third-order valence-electron chi connectivity index (χ3n) is 1.07. The zero-order chi connectivity index (χ0) is 9.14. The lowest BCUT2D eigenvalue weighted by atomic mass is 10.6. The Hall–Kier alpha value is -1.43. The van der Waals surface area contributed by atoms with Crippen LogP contribution in [0.2, 0.25) is 0 Å². The maximum atomic E-state index is 10.7. The van der Waals surface area contributed by atoms with Crippen molar-refractivity contribution in [2.45, 2.75) is 0 Å². The summed E-state index contributed by atoms with van der Waals surface area (Å²) < 4.78 is 0. The zero-order valence-electron chi connectivity index (χ0n) is 5.78. The molecule has 0 aromatic carbocycles. The molecule has 0 radical (unpaired) electrons. The molecule has 0 spiro atoms.